The summed E-state index contributed by atoms with van der Waals surface area (Å²) < 4.78 is 91.5. The van der Waals surface area contributed by atoms with Crippen LogP contribution in [0.1, 0.15) is 13.7 Å². The lowest BCUT2D eigenvalue weighted by Crippen LogP contribution is -2.00. The van der Waals surface area contributed by atoms with Crippen molar-refractivity contribution in [2.75, 3.05) is 0 Å². The first-order chi connectivity index (χ1) is 27.4. The van der Waals surface area contributed by atoms with E-state index >= 15 is 0 Å². The smallest absolute Gasteiger partial charge is 0.164 e. The fourth-order valence-electron chi connectivity index (χ4n) is 5.69. The van der Waals surface area contributed by atoms with E-state index in [9.17, 15) is 0 Å². The number of hydrogen-bond acceptors (Lipinski definition) is 4. The third-order valence-corrected chi connectivity index (χ3v) is 8.04. The molecule has 0 bridgehead atoms. The van der Waals surface area contributed by atoms with Gasteiger partial charge in [0, 0.05) is 27.5 Å². The van der Waals surface area contributed by atoms with Crippen molar-refractivity contribution in [3.05, 3.63) is 164 Å². The number of furan rings is 1. The largest absolute Gasteiger partial charge is 0.456 e. The molecule has 9 aromatic rings. The molecule has 0 amide bonds. The van der Waals surface area contributed by atoms with Gasteiger partial charge in [-0.1, -0.05) is 145 Å². The summed E-state index contributed by atoms with van der Waals surface area (Å²) in [6.07, 6.45) is 0. The molecular formula is C43H27N3O. The minimum atomic E-state index is -0.353. The van der Waals surface area contributed by atoms with Crippen molar-refractivity contribution >= 4 is 32.7 Å². The Labute approximate surface area is 285 Å². The zero-order valence-electron chi connectivity index (χ0n) is 34.6. The lowest BCUT2D eigenvalue weighted by Gasteiger charge is -2.10. The van der Waals surface area contributed by atoms with E-state index < -0.39 is 0 Å². The van der Waals surface area contributed by atoms with Crippen LogP contribution in [-0.4, -0.2) is 15.0 Å². The zero-order valence-corrected chi connectivity index (χ0v) is 24.6. The second-order valence-electron chi connectivity index (χ2n) is 10.9. The molecule has 220 valence electrons. The van der Waals surface area contributed by atoms with Crippen molar-refractivity contribution in [3.8, 4) is 56.4 Å². The van der Waals surface area contributed by atoms with E-state index in [0.717, 1.165) is 22.3 Å². The van der Waals surface area contributed by atoms with Crippen LogP contribution in [-0.2, 0) is 0 Å². The molecule has 0 atom stereocenters. The van der Waals surface area contributed by atoms with Crippen molar-refractivity contribution in [2.24, 2.45) is 0 Å². The van der Waals surface area contributed by atoms with E-state index in [1.54, 1.807) is 0 Å². The molecule has 4 nitrogen and oxygen atoms in total. The number of benzene rings is 7. The van der Waals surface area contributed by atoms with Crippen molar-refractivity contribution in [3.63, 3.8) is 0 Å². The first kappa shape index (κ1) is 18.5. The lowest BCUT2D eigenvalue weighted by molar-refractivity contribution is 0.669. The number of hydrogen-bond donors (Lipinski definition) is 0. The van der Waals surface area contributed by atoms with Gasteiger partial charge >= 0.3 is 0 Å². The first-order valence-electron chi connectivity index (χ1n) is 19.9. The predicted molar refractivity (Wildman–Crippen MR) is 192 cm³/mol. The normalized spacial score (nSPS) is 14.4. The maximum Gasteiger partial charge on any atom is 0.164 e. The van der Waals surface area contributed by atoms with Crippen molar-refractivity contribution < 1.29 is 18.1 Å². The lowest BCUT2D eigenvalue weighted by atomic mass is 9.99. The number of fused-ring (bicyclic) bond motifs is 4. The molecular weight excluding hydrogens is 574 g/mol. The molecule has 0 N–H and O–H groups in total. The van der Waals surface area contributed by atoms with Crippen LogP contribution >= 0.6 is 0 Å². The third-order valence-electron chi connectivity index (χ3n) is 8.04. The van der Waals surface area contributed by atoms with Crippen LogP contribution in [0.4, 0.5) is 0 Å². The Morgan fingerprint density at radius 2 is 1.06 bits per heavy atom. The number of aromatic nitrogens is 3. The van der Waals surface area contributed by atoms with Crippen LogP contribution in [0.25, 0.3) is 89.1 Å². The molecule has 2 heterocycles. The molecule has 9 rings (SSSR count). The highest BCUT2D eigenvalue weighted by Gasteiger charge is 2.18. The predicted octanol–water partition coefficient (Wildman–Crippen LogP) is 11.3. The Morgan fingerprint density at radius 3 is 1.83 bits per heavy atom. The van der Waals surface area contributed by atoms with Crippen LogP contribution in [0, 0.1) is 0 Å². The minimum Gasteiger partial charge on any atom is -0.456 e. The van der Waals surface area contributed by atoms with E-state index in [1.807, 2.05) is 54.6 Å². The Morgan fingerprint density at radius 1 is 0.426 bits per heavy atom. The van der Waals surface area contributed by atoms with E-state index in [0.29, 0.717) is 5.56 Å². The fourth-order valence-corrected chi connectivity index (χ4v) is 5.69. The molecule has 0 aliphatic rings. The summed E-state index contributed by atoms with van der Waals surface area (Å²) in [5.41, 5.74) is 4.78. The highest BCUT2D eigenvalue weighted by atomic mass is 16.3. The molecule has 7 aromatic carbocycles. The van der Waals surface area contributed by atoms with Crippen molar-refractivity contribution in [1.82, 2.24) is 15.0 Å². The molecule has 0 radical (unpaired) electrons. The molecule has 0 saturated heterocycles. The molecule has 0 saturated carbocycles. The van der Waals surface area contributed by atoms with Crippen molar-refractivity contribution in [1.29, 1.82) is 0 Å². The highest BCUT2D eigenvalue weighted by molar-refractivity contribution is 6.11. The molecule has 4 heteroatoms. The second-order valence-corrected chi connectivity index (χ2v) is 10.9. The quantitative estimate of drug-likeness (QED) is 0.194. The number of nitrogens with zero attached hydrogens (tertiary/aromatic N) is 3. The average Bonchev–Trinajstić information content (AvgIpc) is 3.60. The van der Waals surface area contributed by atoms with Gasteiger partial charge in [0.25, 0.3) is 0 Å². The summed E-state index contributed by atoms with van der Waals surface area (Å²) in [5.74, 6) is 0.0240. The SMILES string of the molecule is [2H]c1cc2c([2H])c([2H])c(-c3nc(-c4ccc(-c5ccc(-c6ccccc6)cc5)cc4)nc(-c4c([2H])cc([2H])c5oc6c([2H])c([2H])c([2H])cc6c45)n3)cc2c([2H])c1[2H]. The summed E-state index contributed by atoms with van der Waals surface area (Å²) in [4.78, 5) is 14.3. The Hall–Kier alpha value is -6.39. The Balaban J connectivity index is 1.26. The molecule has 47 heavy (non-hydrogen) atoms. The standard InChI is InChI=1S/C43H27N3O/c1-2-9-28(10-3-1)30-17-19-31(20-18-30)32-21-24-33(25-22-32)41-44-42(35-26-23-29-11-4-5-12-34(29)27-35)46-43(45-41)37-14-8-16-39-40(37)36-13-6-7-15-38(36)47-39/h1-27H/i4D,5D,6D,7D,12D,14D,15D,16D,23D,26D. The van der Waals surface area contributed by atoms with Crippen LogP contribution in [0.3, 0.4) is 0 Å². The summed E-state index contributed by atoms with van der Waals surface area (Å²) in [7, 11) is 0. The maximum atomic E-state index is 9.07. The van der Waals surface area contributed by atoms with Gasteiger partial charge in [0.05, 0.1) is 13.7 Å². The average molecular weight is 612 g/mol. The molecule has 0 aliphatic heterocycles. The van der Waals surface area contributed by atoms with Crippen LogP contribution in [0.2, 0.25) is 0 Å². The third kappa shape index (κ3) is 4.93. The number of para-hydroxylation sites is 1. The van der Waals surface area contributed by atoms with Gasteiger partial charge in [-0.3, -0.25) is 0 Å². The summed E-state index contributed by atoms with van der Waals surface area (Å²) in [5, 5.41) is 0.753. The van der Waals surface area contributed by atoms with Crippen LogP contribution in [0.15, 0.2) is 168 Å². The van der Waals surface area contributed by atoms with E-state index in [1.165, 1.54) is 24.3 Å². The second kappa shape index (κ2) is 11.2. The molecule has 0 spiro atoms. The van der Waals surface area contributed by atoms with Gasteiger partial charge < -0.3 is 4.42 Å². The first-order valence-corrected chi connectivity index (χ1v) is 14.9. The molecule has 0 fully saturated rings. The Kier molecular flexibility index (Phi) is 4.42. The van der Waals surface area contributed by atoms with E-state index in [-0.39, 0.29) is 122 Å². The van der Waals surface area contributed by atoms with Gasteiger partial charge in [-0.25, -0.2) is 15.0 Å². The summed E-state index contributed by atoms with van der Waals surface area (Å²) >= 11 is 0. The van der Waals surface area contributed by atoms with Crippen LogP contribution in [0.5, 0.6) is 0 Å². The summed E-state index contributed by atoms with van der Waals surface area (Å²) in [6, 6.07) is 28.4. The zero-order chi connectivity index (χ0) is 39.9. The Bertz CT molecular complexity index is 3120. The van der Waals surface area contributed by atoms with Gasteiger partial charge in [0.1, 0.15) is 11.2 Å². The van der Waals surface area contributed by atoms with Gasteiger partial charge in [0.15, 0.2) is 17.5 Å². The van der Waals surface area contributed by atoms with Gasteiger partial charge in [-0.2, -0.15) is 0 Å². The highest BCUT2D eigenvalue weighted by Crippen LogP contribution is 2.37. The van der Waals surface area contributed by atoms with Crippen molar-refractivity contribution in [2.45, 2.75) is 0 Å². The van der Waals surface area contributed by atoms with E-state index in [2.05, 4.69) is 24.3 Å². The summed E-state index contributed by atoms with van der Waals surface area (Å²) in [6.45, 7) is 0. The van der Waals surface area contributed by atoms with Crippen LogP contribution < -0.4 is 0 Å². The minimum absolute atomic E-state index is 0.00833. The maximum absolute atomic E-state index is 9.07. The number of rotatable bonds is 5. The fraction of sp³-hybridized carbons (Fsp3) is 0. The molecule has 0 unspecified atom stereocenters. The molecule has 2 aromatic heterocycles. The topological polar surface area (TPSA) is 51.8 Å². The molecule has 0 aliphatic carbocycles. The van der Waals surface area contributed by atoms with Gasteiger partial charge in [0.2, 0.25) is 0 Å². The van der Waals surface area contributed by atoms with Gasteiger partial charge in [-0.05, 0) is 51.2 Å². The monoisotopic (exact) mass is 611 g/mol. The van der Waals surface area contributed by atoms with Gasteiger partial charge in [-0.15, -0.1) is 0 Å². The van der Waals surface area contributed by atoms with E-state index in [4.69, 9.17) is 33.1 Å².